The number of halogens is 4. The molecule has 0 aliphatic heterocycles. The highest BCUT2D eigenvalue weighted by molar-refractivity contribution is 5.44. The van der Waals surface area contributed by atoms with Gasteiger partial charge in [0, 0.05) is 17.5 Å². The van der Waals surface area contributed by atoms with Crippen LogP contribution in [0.2, 0.25) is 0 Å². The Hall–Kier alpha value is -1.60. The molecule has 7 heteroatoms. The quantitative estimate of drug-likeness (QED) is 0.645. The molecular weight excluding hydrogens is 304 g/mol. The molecular formula is C15H18F4O3. The Morgan fingerprint density at radius 1 is 1.32 bits per heavy atom. The summed E-state index contributed by atoms with van der Waals surface area (Å²) < 4.78 is 58.0. The summed E-state index contributed by atoms with van der Waals surface area (Å²) in [6, 6.07) is 1.89. The van der Waals surface area contributed by atoms with E-state index in [9.17, 15) is 27.8 Å². The number of aliphatic hydroxyl groups excluding tert-OH is 1. The van der Waals surface area contributed by atoms with Gasteiger partial charge in [-0.05, 0) is 26.0 Å². The fourth-order valence-electron chi connectivity index (χ4n) is 2.11. The van der Waals surface area contributed by atoms with Crippen molar-refractivity contribution in [2.24, 2.45) is 0 Å². The van der Waals surface area contributed by atoms with Gasteiger partial charge in [0.2, 0.25) is 0 Å². The van der Waals surface area contributed by atoms with Crippen molar-refractivity contribution in [3.63, 3.8) is 0 Å². The zero-order valence-corrected chi connectivity index (χ0v) is 12.4. The van der Waals surface area contributed by atoms with Gasteiger partial charge in [0.25, 0.3) is 0 Å². The van der Waals surface area contributed by atoms with Crippen molar-refractivity contribution in [1.29, 1.82) is 0 Å². The van der Waals surface area contributed by atoms with Crippen LogP contribution in [0.3, 0.4) is 0 Å². The second-order valence-corrected chi connectivity index (χ2v) is 4.89. The van der Waals surface area contributed by atoms with Crippen molar-refractivity contribution < 1.29 is 32.5 Å². The number of hydrogen-bond donors (Lipinski definition) is 2. The van der Waals surface area contributed by atoms with Crippen LogP contribution in [0.25, 0.3) is 0 Å². The Labute approximate surface area is 125 Å². The van der Waals surface area contributed by atoms with E-state index in [-0.39, 0.29) is 16.9 Å². The average molecular weight is 322 g/mol. The largest absolute Gasteiger partial charge is 0.496 e. The summed E-state index contributed by atoms with van der Waals surface area (Å²) in [6.07, 6.45) is -5.82. The summed E-state index contributed by atoms with van der Waals surface area (Å²) in [4.78, 5) is 0. The monoisotopic (exact) mass is 322 g/mol. The normalized spacial score (nSPS) is 16.6. The van der Waals surface area contributed by atoms with E-state index < -0.39 is 30.1 Å². The Bertz CT molecular complexity index is 554. The highest BCUT2D eigenvalue weighted by atomic mass is 19.4. The molecule has 1 rings (SSSR count). The Kier molecular flexibility index (Phi) is 5.59. The smallest absolute Gasteiger partial charge is 0.420 e. The third-order valence-electron chi connectivity index (χ3n) is 3.48. The van der Waals surface area contributed by atoms with Gasteiger partial charge in [-0.1, -0.05) is 12.2 Å². The van der Waals surface area contributed by atoms with E-state index in [0.717, 1.165) is 25.3 Å². The van der Waals surface area contributed by atoms with E-state index in [1.807, 2.05) is 0 Å². The van der Waals surface area contributed by atoms with E-state index in [0.29, 0.717) is 0 Å². The van der Waals surface area contributed by atoms with E-state index >= 15 is 0 Å². The van der Waals surface area contributed by atoms with Crippen LogP contribution >= 0.6 is 0 Å². The molecule has 0 radical (unpaired) electrons. The molecule has 22 heavy (non-hydrogen) atoms. The van der Waals surface area contributed by atoms with Crippen molar-refractivity contribution in [1.82, 2.24) is 0 Å². The van der Waals surface area contributed by atoms with Crippen LogP contribution in [0.4, 0.5) is 17.6 Å². The number of allylic oxidation sites excluding steroid dienone is 1. The van der Waals surface area contributed by atoms with Crippen LogP contribution in [-0.4, -0.2) is 29.1 Å². The number of benzene rings is 1. The number of rotatable bonds is 5. The molecule has 0 heterocycles. The van der Waals surface area contributed by atoms with Gasteiger partial charge in [0.05, 0.1) is 7.11 Å². The van der Waals surface area contributed by atoms with Crippen molar-refractivity contribution in [2.75, 3.05) is 7.11 Å². The molecule has 0 aromatic heterocycles. The molecule has 0 saturated carbocycles. The first-order chi connectivity index (χ1) is 10.1. The lowest BCUT2D eigenvalue weighted by molar-refractivity contribution is -0.291. The molecule has 0 saturated heterocycles. The van der Waals surface area contributed by atoms with Gasteiger partial charge in [-0.2, -0.15) is 13.2 Å². The Morgan fingerprint density at radius 3 is 2.36 bits per heavy atom. The first kappa shape index (κ1) is 18.4. The van der Waals surface area contributed by atoms with Crippen molar-refractivity contribution >= 4 is 0 Å². The predicted molar refractivity (Wildman–Crippen MR) is 73.1 cm³/mol. The third kappa shape index (κ3) is 3.25. The summed E-state index contributed by atoms with van der Waals surface area (Å²) in [5.74, 6) is -0.910. The third-order valence-corrected chi connectivity index (χ3v) is 3.48. The number of aliphatic hydroxyl groups is 2. The van der Waals surface area contributed by atoms with Crippen LogP contribution in [0, 0.1) is 12.7 Å². The lowest BCUT2D eigenvalue weighted by Crippen LogP contribution is -2.50. The zero-order valence-electron chi connectivity index (χ0n) is 12.4. The summed E-state index contributed by atoms with van der Waals surface area (Å²) in [7, 11) is 1.15. The maximum absolute atomic E-state index is 13.5. The molecule has 0 aliphatic carbocycles. The first-order valence-electron chi connectivity index (χ1n) is 6.51. The van der Waals surface area contributed by atoms with Gasteiger partial charge in [-0.25, -0.2) is 4.39 Å². The van der Waals surface area contributed by atoms with Gasteiger partial charge in [-0.15, -0.1) is 0 Å². The molecule has 3 nitrogen and oxygen atoms in total. The van der Waals surface area contributed by atoms with E-state index in [2.05, 4.69) is 0 Å². The molecule has 0 amide bonds. The molecule has 1 aromatic carbocycles. The maximum atomic E-state index is 13.5. The molecule has 2 unspecified atom stereocenters. The summed E-state index contributed by atoms with van der Waals surface area (Å²) in [5, 5.41) is 20.1. The Balaban J connectivity index is 3.43. The maximum Gasteiger partial charge on any atom is 0.420 e. The van der Waals surface area contributed by atoms with Crippen molar-refractivity contribution in [3.05, 3.63) is 41.2 Å². The minimum Gasteiger partial charge on any atom is -0.496 e. The van der Waals surface area contributed by atoms with Gasteiger partial charge in [-0.3, -0.25) is 0 Å². The highest BCUT2D eigenvalue weighted by Gasteiger charge is 2.58. The SMILES string of the molecule is CC=CCC(O)(C(O)c1ccc(F)c(C)c1OC)C(F)(F)F. The number of hydrogen-bond acceptors (Lipinski definition) is 3. The van der Waals surface area contributed by atoms with Crippen LogP contribution in [-0.2, 0) is 0 Å². The van der Waals surface area contributed by atoms with Gasteiger partial charge < -0.3 is 14.9 Å². The van der Waals surface area contributed by atoms with Gasteiger partial charge in [0.1, 0.15) is 17.7 Å². The van der Waals surface area contributed by atoms with Crippen LogP contribution in [0.1, 0.15) is 30.6 Å². The summed E-state index contributed by atoms with van der Waals surface area (Å²) >= 11 is 0. The van der Waals surface area contributed by atoms with Crippen LogP contribution in [0.5, 0.6) is 5.75 Å². The molecule has 0 fully saturated rings. The van der Waals surface area contributed by atoms with E-state index in [4.69, 9.17) is 4.74 Å². The topological polar surface area (TPSA) is 49.7 Å². The molecule has 124 valence electrons. The zero-order chi connectivity index (χ0) is 17.1. The average Bonchev–Trinajstić information content (AvgIpc) is 2.45. The fraction of sp³-hybridized carbons (Fsp3) is 0.467. The first-order valence-corrected chi connectivity index (χ1v) is 6.51. The van der Waals surface area contributed by atoms with Crippen molar-refractivity contribution in [3.8, 4) is 5.75 Å². The lowest BCUT2D eigenvalue weighted by Gasteiger charge is -2.35. The van der Waals surface area contributed by atoms with E-state index in [1.54, 1.807) is 0 Å². The minimum absolute atomic E-state index is 0.0467. The molecule has 0 aliphatic rings. The molecule has 0 spiro atoms. The summed E-state index contributed by atoms with van der Waals surface area (Å²) in [5.41, 5.74) is -3.78. The number of ether oxygens (including phenoxy) is 1. The van der Waals surface area contributed by atoms with Crippen molar-refractivity contribution in [2.45, 2.75) is 38.1 Å². The number of methoxy groups -OCH3 is 1. The van der Waals surface area contributed by atoms with Gasteiger partial charge in [0.15, 0.2) is 5.60 Å². The molecule has 1 aromatic rings. The standard InChI is InChI=1S/C15H18F4O3/c1-4-5-8-14(21,15(17,18)19)13(20)10-6-7-11(16)9(2)12(10)22-3/h4-7,13,20-21H,8H2,1-3H3. The second-order valence-electron chi connectivity index (χ2n) is 4.89. The molecule has 0 bridgehead atoms. The van der Waals surface area contributed by atoms with Crippen LogP contribution < -0.4 is 4.74 Å². The molecule has 2 atom stereocenters. The second kappa shape index (κ2) is 6.66. The van der Waals surface area contributed by atoms with E-state index in [1.165, 1.54) is 19.9 Å². The highest BCUT2D eigenvalue weighted by Crippen LogP contribution is 2.45. The number of alkyl halides is 3. The molecule has 2 N–H and O–H groups in total. The van der Waals surface area contributed by atoms with Crippen LogP contribution in [0.15, 0.2) is 24.3 Å². The van der Waals surface area contributed by atoms with Gasteiger partial charge >= 0.3 is 6.18 Å². The fourth-order valence-corrected chi connectivity index (χ4v) is 2.11. The summed E-state index contributed by atoms with van der Waals surface area (Å²) in [6.45, 7) is 2.80. The minimum atomic E-state index is -5.08. The lowest BCUT2D eigenvalue weighted by atomic mass is 9.86. The predicted octanol–water partition coefficient (Wildman–Crippen LogP) is 3.44. The Morgan fingerprint density at radius 2 is 1.91 bits per heavy atom.